The van der Waals surface area contributed by atoms with Crippen LogP contribution in [0.15, 0.2) is 192 Å². The quantitative estimate of drug-likeness (QED) is 0.112. The molecule has 12 nitrogen and oxygen atoms in total. The number of fused-ring (bicyclic) bond motifs is 2. The number of hydrogen-bond donors (Lipinski definition) is 4. The van der Waals surface area contributed by atoms with Crippen molar-refractivity contribution in [3.63, 3.8) is 0 Å². The van der Waals surface area contributed by atoms with Crippen LogP contribution in [0.1, 0.15) is 67.9 Å². The first kappa shape index (κ1) is 44.9. The van der Waals surface area contributed by atoms with Gasteiger partial charge in [-0.25, -0.2) is 0 Å². The van der Waals surface area contributed by atoms with Gasteiger partial charge in [-0.05, 0) is 119 Å². The molecule has 10 rings (SSSR count). The van der Waals surface area contributed by atoms with Gasteiger partial charge in [0, 0.05) is 53.6 Å². The van der Waals surface area contributed by atoms with Crippen molar-refractivity contribution in [2.24, 2.45) is 0 Å². The van der Waals surface area contributed by atoms with Crippen LogP contribution in [0.5, 0.6) is 0 Å². The van der Waals surface area contributed by atoms with E-state index in [1.807, 2.05) is 48.5 Å². The smallest absolute Gasteiger partial charge is 0.423 e. The molecule has 4 aromatic heterocycles. The Bertz CT molecular complexity index is 3080. The van der Waals surface area contributed by atoms with Gasteiger partial charge in [0.1, 0.15) is 11.1 Å². The molecule has 4 heterocycles. The van der Waals surface area contributed by atoms with Crippen LogP contribution in [0.4, 0.5) is 11.4 Å². The van der Waals surface area contributed by atoms with Gasteiger partial charge in [-0.2, -0.15) is 0 Å². The number of aromatic nitrogens is 4. The fourth-order valence-electron chi connectivity index (χ4n) is 8.44. The maximum absolute atomic E-state index is 13.2. The van der Waals surface area contributed by atoms with Gasteiger partial charge >= 0.3 is 7.12 Å². The average molecular weight is 895 g/mol. The van der Waals surface area contributed by atoms with E-state index in [0.29, 0.717) is 16.8 Å². The average Bonchev–Trinajstić information content (AvgIpc) is 3.99. The molecule has 0 spiro atoms. The first-order valence-electron chi connectivity index (χ1n) is 21.4. The molecule has 0 bridgehead atoms. The number of nitrogens with zero attached hydrogens (tertiary/aromatic N) is 4. The van der Waals surface area contributed by atoms with Crippen LogP contribution < -0.4 is 27.2 Å². The van der Waals surface area contributed by atoms with Crippen molar-refractivity contribution < 1.29 is 19.6 Å². The predicted octanol–water partition coefficient (Wildman–Crippen LogP) is 7.75. The van der Waals surface area contributed by atoms with E-state index in [4.69, 9.17) is 21.6 Å². The molecule has 2 aliphatic rings. The number of amides is 2. The lowest BCUT2D eigenvalue weighted by Gasteiger charge is -2.17. The van der Waals surface area contributed by atoms with E-state index in [1.165, 1.54) is 16.7 Å². The lowest BCUT2D eigenvalue weighted by Crippen LogP contribution is -2.31. The summed E-state index contributed by atoms with van der Waals surface area (Å²) in [6.45, 7) is 0. The van der Waals surface area contributed by atoms with Crippen molar-refractivity contribution in [1.29, 1.82) is 0 Å². The van der Waals surface area contributed by atoms with Gasteiger partial charge in [-0.15, -0.1) is 0 Å². The molecule has 4 N–H and O–H groups in total. The Morgan fingerprint density at radius 3 is 1.53 bits per heavy atom. The second kappa shape index (κ2) is 20.9. The van der Waals surface area contributed by atoms with Crippen LogP contribution in [0, 0.1) is 0 Å². The van der Waals surface area contributed by atoms with Crippen molar-refractivity contribution in [2.45, 2.75) is 37.8 Å². The Morgan fingerprint density at radius 1 is 0.561 bits per heavy atom. The number of hydrogen-bond acceptors (Lipinski definition) is 8. The van der Waals surface area contributed by atoms with Crippen LogP contribution in [0.25, 0.3) is 11.1 Å². The van der Waals surface area contributed by atoms with E-state index in [-0.39, 0.29) is 34.3 Å². The van der Waals surface area contributed by atoms with Gasteiger partial charge in [0.2, 0.25) is 0 Å². The second-order valence-electron chi connectivity index (χ2n) is 15.6. The Hall–Kier alpha value is -7.71. The minimum absolute atomic E-state index is 0.0835. The molecule has 8 aromatic rings. The van der Waals surface area contributed by atoms with E-state index in [9.17, 15) is 19.2 Å². The van der Waals surface area contributed by atoms with E-state index >= 15 is 0 Å². The standard InChI is InChI=1S/C26H21N3O2.C20H16ClN3O2.C6H7BO2/c30-25(28-19-13-15-27-16-14-19)23-10-5-17-29(26(23)31)24-12-11-21-20(8-4-9-22(21)24)18-6-2-1-3-7-18;21-17-5-1-3-15-14(17)6-7-18(15)24-12-2-4-16(20(24)26)19(25)23-13-8-10-22-11-9-13;8-7(9)6-4-2-1-3-5-6/h1-10,13-17,24H,11-12H2,(H,27,28,30);1-5,8-12,18H,6-7H2,(H,22,23,25);1-5,8-9H. The fourth-order valence-corrected chi connectivity index (χ4v) is 8.71. The molecular weight excluding hydrogens is 851 g/mol. The zero-order valence-electron chi connectivity index (χ0n) is 35.6. The van der Waals surface area contributed by atoms with Crippen LogP contribution in [-0.2, 0) is 12.8 Å². The van der Waals surface area contributed by atoms with Gasteiger partial charge in [-0.1, -0.05) is 103 Å². The van der Waals surface area contributed by atoms with E-state index in [2.05, 4.69) is 44.9 Å². The van der Waals surface area contributed by atoms with Crippen molar-refractivity contribution in [2.75, 3.05) is 10.6 Å². The molecule has 0 saturated carbocycles. The van der Waals surface area contributed by atoms with Gasteiger partial charge in [0.05, 0.1) is 12.1 Å². The first-order valence-corrected chi connectivity index (χ1v) is 21.8. The van der Waals surface area contributed by atoms with Crippen molar-refractivity contribution in [1.82, 2.24) is 19.1 Å². The van der Waals surface area contributed by atoms with Crippen molar-refractivity contribution in [3.8, 4) is 11.1 Å². The molecule has 0 aliphatic heterocycles. The SMILES string of the molecule is O=C(Nc1ccncc1)c1cccn(C2CCc3c(-c4ccccc4)cccc32)c1=O.O=C(Nc1ccncc1)c1cccn(C2CCc3c(Cl)cccc32)c1=O.OB(O)c1ccccc1. The third-order valence-electron chi connectivity index (χ3n) is 11.6. The second-order valence-corrected chi connectivity index (χ2v) is 16.0. The molecule has 0 fully saturated rings. The summed E-state index contributed by atoms with van der Waals surface area (Å²) in [5.74, 6) is -0.846. The number of halogens is 1. The predicted molar refractivity (Wildman–Crippen MR) is 258 cm³/mol. The number of pyridine rings is 4. The molecule has 2 unspecified atom stereocenters. The highest BCUT2D eigenvalue weighted by Gasteiger charge is 2.29. The number of benzene rings is 4. The highest BCUT2D eigenvalue weighted by Crippen LogP contribution is 2.40. The van der Waals surface area contributed by atoms with Crippen molar-refractivity contribution >= 4 is 47.4 Å². The summed E-state index contributed by atoms with van der Waals surface area (Å²) in [7, 11) is -1.34. The topological polar surface area (TPSA) is 168 Å². The Morgan fingerprint density at radius 2 is 1.03 bits per heavy atom. The van der Waals surface area contributed by atoms with Gasteiger partial charge in [0.25, 0.3) is 22.9 Å². The highest BCUT2D eigenvalue weighted by molar-refractivity contribution is 6.58. The summed E-state index contributed by atoms with van der Waals surface area (Å²) in [6.07, 6.45) is 13.2. The molecular formula is C52H44BClN6O6. The summed E-state index contributed by atoms with van der Waals surface area (Å²) in [5, 5.41) is 23.4. The molecule has 2 amide bonds. The maximum atomic E-state index is 13.2. The Kier molecular flexibility index (Phi) is 14.2. The number of rotatable bonds is 8. The van der Waals surface area contributed by atoms with E-state index in [1.54, 1.807) is 119 Å². The zero-order valence-corrected chi connectivity index (χ0v) is 36.3. The lowest BCUT2D eigenvalue weighted by molar-refractivity contribution is 0.101. The minimum Gasteiger partial charge on any atom is -0.423 e. The summed E-state index contributed by atoms with van der Waals surface area (Å²) in [5.41, 5.74) is 8.32. The molecule has 328 valence electrons. The van der Waals surface area contributed by atoms with Crippen LogP contribution in [-0.4, -0.2) is 48.1 Å². The number of carbonyl (C=O) groups excluding carboxylic acids is 2. The molecule has 0 radical (unpaired) electrons. The van der Waals surface area contributed by atoms with Crippen molar-refractivity contribution in [3.05, 3.63) is 242 Å². The Balaban J connectivity index is 0.000000153. The molecule has 66 heavy (non-hydrogen) atoms. The van der Waals surface area contributed by atoms with Gasteiger partial charge < -0.3 is 29.8 Å². The van der Waals surface area contributed by atoms with Crippen LogP contribution in [0.3, 0.4) is 0 Å². The largest absolute Gasteiger partial charge is 0.488 e. The summed E-state index contributed by atoms with van der Waals surface area (Å²) >= 11 is 6.28. The third kappa shape index (κ3) is 10.1. The summed E-state index contributed by atoms with van der Waals surface area (Å²) < 4.78 is 3.33. The number of anilines is 2. The summed E-state index contributed by atoms with van der Waals surface area (Å²) in [6, 6.07) is 44.2. The summed E-state index contributed by atoms with van der Waals surface area (Å²) in [4.78, 5) is 59.3. The van der Waals surface area contributed by atoms with Crippen LogP contribution >= 0.6 is 11.6 Å². The molecule has 2 aliphatic carbocycles. The number of carbonyl (C=O) groups is 2. The number of nitrogens with one attached hydrogen (secondary N) is 2. The van der Waals surface area contributed by atoms with Crippen LogP contribution in [0.2, 0.25) is 5.02 Å². The van der Waals surface area contributed by atoms with E-state index in [0.717, 1.165) is 47.4 Å². The molecule has 0 saturated heterocycles. The van der Waals surface area contributed by atoms with Gasteiger partial charge in [-0.3, -0.25) is 29.1 Å². The normalized spacial score (nSPS) is 14.3. The molecule has 4 aromatic carbocycles. The highest BCUT2D eigenvalue weighted by atomic mass is 35.5. The zero-order chi connectivity index (χ0) is 46.0. The fraction of sp³-hybridized carbons (Fsp3) is 0.115. The third-order valence-corrected chi connectivity index (χ3v) is 11.9. The maximum Gasteiger partial charge on any atom is 0.488 e. The first-order chi connectivity index (χ1) is 32.2. The lowest BCUT2D eigenvalue weighted by atomic mass is 9.81. The molecule has 14 heteroatoms. The monoisotopic (exact) mass is 894 g/mol. The van der Waals surface area contributed by atoms with E-state index < -0.39 is 18.9 Å². The Labute approximate surface area is 386 Å². The molecule has 2 atom stereocenters. The minimum atomic E-state index is -1.34. The van der Waals surface area contributed by atoms with Gasteiger partial charge in [0.15, 0.2) is 0 Å².